The number of benzene rings is 3. The Morgan fingerprint density at radius 3 is 1.88 bits per heavy atom. The van der Waals surface area contributed by atoms with Gasteiger partial charge in [-0.05, 0) is 61.4 Å². The van der Waals surface area contributed by atoms with Crippen LogP contribution in [0.15, 0.2) is 59.5 Å². The fourth-order valence-corrected chi connectivity index (χ4v) is 5.54. The molecule has 0 aromatic heterocycles. The quantitative estimate of drug-likeness (QED) is 0.374. The van der Waals surface area contributed by atoms with E-state index in [1.165, 1.54) is 31.7 Å². The molecule has 0 radical (unpaired) electrons. The van der Waals surface area contributed by atoms with Crippen LogP contribution in [0.4, 0.5) is 5.69 Å². The van der Waals surface area contributed by atoms with Gasteiger partial charge in [-0.15, -0.1) is 0 Å². The van der Waals surface area contributed by atoms with Gasteiger partial charge in [-0.25, -0.2) is 8.42 Å². The Bertz CT molecular complexity index is 1280. The maximum Gasteiger partial charge on any atom is 0.264 e. The molecule has 0 amide bonds. The van der Waals surface area contributed by atoms with Crippen LogP contribution in [0.1, 0.15) is 24.1 Å². The molecule has 0 fully saturated rings. The van der Waals surface area contributed by atoms with Crippen molar-refractivity contribution in [2.24, 2.45) is 0 Å². The first-order chi connectivity index (χ1) is 16.2. The summed E-state index contributed by atoms with van der Waals surface area (Å²) in [5, 5.41) is 0.368. The number of methoxy groups -OCH3 is 4. The Kier molecular flexibility index (Phi) is 7.84. The summed E-state index contributed by atoms with van der Waals surface area (Å²) in [7, 11) is 2.05. The smallest absolute Gasteiger partial charge is 0.264 e. The lowest BCUT2D eigenvalue weighted by Crippen LogP contribution is -2.33. The van der Waals surface area contributed by atoms with E-state index in [2.05, 4.69) is 0 Å². The summed E-state index contributed by atoms with van der Waals surface area (Å²) >= 11 is 6.28. The molecule has 0 bridgehead atoms. The van der Waals surface area contributed by atoms with E-state index in [0.717, 1.165) is 5.56 Å². The molecule has 3 rings (SSSR count). The molecule has 1 atom stereocenters. The SMILES string of the molecule is COc1ccc(C(C)N(c2ccc(OC)c(OC)c2)S(=O)(=O)c2ccc(C)c(Cl)c2)cc1OC. The van der Waals surface area contributed by atoms with E-state index in [-0.39, 0.29) is 4.90 Å². The average molecular weight is 506 g/mol. The van der Waals surface area contributed by atoms with Crippen molar-refractivity contribution >= 4 is 27.3 Å². The number of nitrogens with zero attached hydrogens (tertiary/aromatic N) is 1. The molecule has 0 N–H and O–H groups in total. The molecule has 7 nitrogen and oxygen atoms in total. The maximum absolute atomic E-state index is 14.0. The van der Waals surface area contributed by atoms with Gasteiger partial charge in [-0.2, -0.15) is 0 Å². The van der Waals surface area contributed by atoms with Crippen LogP contribution in [0.5, 0.6) is 23.0 Å². The zero-order valence-electron chi connectivity index (χ0n) is 20.0. The topological polar surface area (TPSA) is 74.3 Å². The summed E-state index contributed by atoms with van der Waals surface area (Å²) in [5.41, 5.74) is 1.89. The zero-order chi connectivity index (χ0) is 25.0. The van der Waals surface area contributed by atoms with Gasteiger partial charge in [0.1, 0.15) is 0 Å². The van der Waals surface area contributed by atoms with E-state index in [9.17, 15) is 8.42 Å². The highest BCUT2D eigenvalue weighted by atomic mass is 35.5. The molecule has 3 aromatic carbocycles. The maximum atomic E-state index is 14.0. The monoisotopic (exact) mass is 505 g/mol. The van der Waals surface area contributed by atoms with E-state index >= 15 is 0 Å². The van der Waals surface area contributed by atoms with Gasteiger partial charge >= 0.3 is 0 Å². The first kappa shape index (κ1) is 25.5. The summed E-state index contributed by atoms with van der Waals surface area (Å²) in [4.78, 5) is 0.0743. The van der Waals surface area contributed by atoms with Crippen LogP contribution >= 0.6 is 11.6 Å². The Morgan fingerprint density at radius 1 is 0.765 bits per heavy atom. The predicted octanol–water partition coefficient (Wildman–Crippen LogP) is 5.64. The second-order valence-electron chi connectivity index (χ2n) is 7.54. The van der Waals surface area contributed by atoms with E-state index in [4.69, 9.17) is 30.5 Å². The highest BCUT2D eigenvalue weighted by Crippen LogP contribution is 2.40. The highest BCUT2D eigenvalue weighted by molar-refractivity contribution is 7.92. The Balaban J connectivity index is 2.22. The summed E-state index contributed by atoms with van der Waals surface area (Å²) in [6.07, 6.45) is 0. The van der Waals surface area contributed by atoms with Crippen molar-refractivity contribution in [2.45, 2.75) is 24.8 Å². The fraction of sp³-hybridized carbons (Fsp3) is 0.280. The van der Waals surface area contributed by atoms with Crippen LogP contribution in [0.3, 0.4) is 0 Å². The number of halogens is 1. The summed E-state index contributed by atoms with van der Waals surface area (Å²) in [5.74, 6) is 1.93. The van der Waals surface area contributed by atoms with Crippen molar-refractivity contribution < 1.29 is 27.4 Å². The minimum Gasteiger partial charge on any atom is -0.493 e. The third-order valence-electron chi connectivity index (χ3n) is 5.56. The number of ether oxygens (including phenoxy) is 4. The molecule has 34 heavy (non-hydrogen) atoms. The van der Waals surface area contributed by atoms with Gasteiger partial charge in [0.25, 0.3) is 10.0 Å². The predicted molar refractivity (Wildman–Crippen MR) is 133 cm³/mol. The van der Waals surface area contributed by atoms with Crippen LogP contribution in [-0.4, -0.2) is 36.9 Å². The van der Waals surface area contributed by atoms with Gasteiger partial charge in [0.05, 0.1) is 45.1 Å². The Hall–Kier alpha value is -3.10. The largest absolute Gasteiger partial charge is 0.493 e. The van der Waals surface area contributed by atoms with Gasteiger partial charge in [0.2, 0.25) is 0 Å². The molecule has 3 aromatic rings. The van der Waals surface area contributed by atoms with Gasteiger partial charge < -0.3 is 18.9 Å². The first-order valence-electron chi connectivity index (χ1n) is 10.4. The third kappa shape index (κ3) is 4.88. The number of sulfonamides is 1. The molecule has 0 heterocycles. The van der Waals surface area contributed by atoms with Crippen molar-refractivity contribution in [1.29, 1.82) is 0 Å². The van der Waals surface area contributed by atoms with Crippen LogP contribution < -0.4 is 23.3 Å². The fourth-order valence-electron chi connectivity index (χ4n) is 3.63. The number of hydrogen-bond acceptors (Lipinski definition) is 6. The zero-order valence-corrected chi connectivity index (χ0v) is 21.5. The molecule has 0 aliphatic carbocycles. The standard InChI is InChI=1S/C25H28ClNO6S/c1-16-7-10-20(15-21(16)26)34(28,29)27(19-9-12-23(31-4)25(14-19)33-6)17(2)18-8-11-22(30-3)24(13-18)32-5/h7-15,17H,1-6H3. The lowest BCUT2D eigenvalue weighted by atomic mass is 10.1. The van der Waals surface area contributed by atoms with Crippen LogP contribution in [0, 0.1) is 6.92 Å². The van der Waals surface area contributed by atoms with E-state index in [0.29, 0.717) is 39.3 Å². The minimum absolute atomic E-state index is 0.0743. The van der Waals surface area contributed by atoms with E-state index in [1.807, 2.05) is 6.92 Å². The van der Waals surface area contributed by atoms with Crippen molar-refractivity contribution in [1.82, 2.24) is 0 Å². The van der Waals surface area contributed by atoms with Crippen molar-refractivity contribution in [3.63, 3.8) is 0 Å². The molecule has 9 heteroatoms. The normalized spacial score (nSPS) is 12.1. The van der Waals surface area contributed by atoms with Crippen LogP contribution in [-0.2, 0) is 10.0 Å². The highest BCUT2D eigenvalue weighted by Gasteiger charge is 2.32. The first-order valence-corrected chi connectivity index (χ1v) is 12.2. The van der Waals surface area contributed by atoms with Crippen LogP contribution in [0.25, 0.3) is 0 Å². The molecule has 0 spiro atoms. The average Bonchev–Trinajstić information content (AvgIpc) is 2.84. The number of hydrogen-bond donors (Lipinski definition) is 0. The van der Waals surface area contributed by atoms with E-state index in [1.54, 1.807) is 62.6 Å². The van der Waals surface area contributed by atoms with Gasteiger partial charge in [0.15, 0.2) is 23.0 Å². The lowest BCUT2D eigenvalue weighted by molar-refractivity contribution is 0.354. The second-order valence-corrected chi connectivity index (χ2v) is 9.76. The van der Waals surface area contributed by atoms with Crippen LogP contribution in [0.2, 0.25) is 5.02 Å². The molecule has 0 saturated carbocycles. The van der Waals surface area contributed by atoms with Gasteiger partial charge in [-0.3, -0.25) is 4.31 Å². The van der Waals surface area contributed by atoms with Crippen molar-refractivity contribution in [3.05, 3.63) is 70.7 Å². The second kappa shape index (κ2) is 10.4. The molecule has 1 unspecified atom stereocenters. The lowest BCUT2D eigenvalue weighted by Gasteiger charge is -2.31. The number of rotatable bonds is 9. The summed E-state index contributed by atoms with van der Waals surface area (Å²) in [6.45, 7) is 3.61. The molecule has 0 aliphatic heterocycles. The number of aryl methyl sites for hydroxylation is 1. The Morgan fingerprint density at radius 2 is 1.32 bits per heavy atom. The summed E-state index contributed by atoms with van der Waals surface area (Å²) in [6, 6.07) is 14.3. The summed E-state index contributed by atoms with van der Waals surface area (Å²) < 4.78 is 50.8. The van der Waals surface area contributed by atoms with Gasteiger partial charge in [-0.1, -0.05) is 23.7 Å². The van der Waals surface area contributed by atoms with Crippen molar-refractivity contribution in [2.75, 3.05) is 32.7 Å². The molecule has 0 aliphatic rings. The molecular weight excluding hydrogens is 478 g/mol. The Labute approximate surface area is 205 Å². The number of anilines is 1. The minimum atomic E-state index is -4.04. The molecule has 182 valence electrons. The van der Waals surface area contributed by atoms with Gasteiger partial charge in [0, 0.05) is 11.1 Å². The third-order valence-corrected chi connectivity index (χ3v) is 7.87. The molecular formula is C25H28ClNO6S. The van der Waals surface area contributed by atoms with Crippen molar-refractivity contribution in [3.8, 4) is 23.0 Å². The molecule has 0 saturated heterocycles. The van der Waals surface area contributed by atoms with E-state index < -0.39 is 16.1 Å².